The molecule has 25 heavy (non-hydrogen) atoms. The molecule has 3 aromatic heterocycles. The summed E-state index contributed by atoms with van der Waals surface area (Å²) in [6, 6.07) is 1.76. The summed E-state index contributed by atoms with van der Waals surface area (Å²) in [6.45, 7) is 2.06. The van der Waals surface area contributed by atoms with Crippen molar-refractivity contribution >= 4 is 5.91 Å². The molecule has 0 amide bonds. The second-order valence-corrected chi connectivity index (χ2v) is 6.59. The third-order valence-corrected chi connectivity index (χ3v) is 4.82. The first-order valence-corrected chi connectivity index (χ1v) is 8.36. The van der Waals surface area contributed by atoms with Gasteiger partial charge in [-0.2, -0.15) is 10.2 Å². The predicted octanol–water partition coefficient (Wildman–Crippen LogP) is 2.45. The lowest BCUT2D eigenvalue weighted by molar-refractivity contribution is 0.0924. The molecule has 7 nitrogen and oxygen atoms in total. The van der Waals surface area contributed by atoms with E-state index >= 15 is 0 Å². The Kier molecular flexibility index (Phi) is 2.97. The van der Waals surface area contributed by atoms with Gasteiger partial charge in [0, 0.05) is 41.7 Å². The van der Waals surface area contributed by atoms with E-state index in [1.807, 2.05) is 6.20 Å². The fourth-order valence-electron chi connectivity index (χ4n) is 3.48. The van der Waals surface area contributed by atoms with Crippen LogP contribution in [0.2, 0.25) is 0 Å². The van der Waals surface area contributed by atoms with Crippen LogP contribution >= 0.6 is 0 Å². The average molecular weight is 332 g/mol. The molecule has 0 spiro atoms. The summed E-state index contributed by atoms with van der Waals surface area (Å²) >= 11 is 0. The average Bonchev–Trinajstić information content (AvgIpc) is 3.17. The maximum atomic E-state index is 12.8. The van der Waals surface area contributed by atoms with Crippen molar-refractivity contribution in [2.24, 2.45) is 5.92 Å². The highest BCUT2D eigenvalue weighted by atomic mass is 16.2. The largest absolute Gasteiger partial charge is 0.274 e. The molecule has 0 radical (unpaired) electrons. The predicted molar refractivity (Wildman–Crippen MR) is 90.1 cm³/mol. The molecular formula is C18H16N6O. The number of fused-ring (bicyclic) bond motifs is 1. The number of aromatic nitrogens is 6. The van der Waals surface area contributed by atoms with Crippen molar-refractivity contribution < 1.29 is 4.79 Å². The van der Waals surface area contributed by atoms with Crippen LogP contribution in [0.1, 0.15) is 30.3 Å². The molecule has 1 aliphatic heterocycles. The van der Waals surface area contributed by atoms with Gasteiger partial charge in [0.25, 0.3) is 5.91 Å². The van der Waals surface area contributed by atoms with Gasteiger partial charge in [0.05, 0.1) is 18.1 Å². The maximum Gasteiger partial charge on any atom is 0.274 e. The van der Waals surface area contributed by atoms with E-state index in [0.29, 0.717) is 11.9 Å². The molecule has 1 saturated carbocycles. The first-order chi connectivity index (χ1) is 12.2. The first-order valence-electron chi connectivity index (χ1n) is 8.36. The molecular weight excluding hydrogens is 316 g/mol. The molecule has 0 aromatic carbocycles. The van der Waals surface area contributed by atoms with Crippen LogP contribution in [0.3, 0.4) is 0 Å². The van der Waals surface area contributed by atoms with E-state index in [9.17, 15) is 4.79 Å². The lowest BCUT2D eigenvalue weighted by Crippen LogP contribution is -2.25. The zero-order valence-electron chi connectivity index (χ0n) is 13.8. The molecule has 0 bridgehead atoms. The van der Waals surface area contributed by atoms with Gasteiger partial charge in [-0.1, -0.05) is 5.57 Å². The topological polar surface area (TPSA) is 78.5 Å². The Morgan fingerprint density at radius 1 is 1.12 bits per heavy atom. The molecule has 1 fully saturated rings. The minimum Gasteiger partial charge on any atom is -0.267 e. The van der Waals surface area contributed by atoms with Crippen molar-refractivity contribution in [3.05, 3.63) is 53.9 Å². The summed E-state index contributed by atoms with van der Waals surface area (Å²) < 4.78 is 3.19. The van der Waals surface area contributed by atoms with Gasteiger partial charge in [0.2, 0.25) is 5.95 Å². The van der Waals surface area contributed by atoms with Gasteiger partial charge in [0.15, 0.2) is 0 Å². The molecule has 0 saturated heterocycles. The highest BCUT2D eigenvalue weighted by Crippen LogP contribution is 2.42. The molecule has 124 valence electrons. The van der Waals surface area contributed by atoms with Crippen LogP contribution in [-0.2, 0) is 6.42 Å². The van der Waals surface area contributed by atoms with Gasteiger partial charge in [-0.15, -0.1) is 0 Å². The van der Waals surface area contributed by atoms with Crippen LogP contribution < -0.4 is 0 Å². The Morgan fingerprint density at radius 2 is 1.92 bits per heavy atom. The van der Waals surface area contributed by atoms with E-state index in [4.69, 9.17) is 0 Å². The molecule has 2 aliphatic rings. The monoisotopic (exact) mass is 332 g/mol. The molecule has 0 N–H and O–H groups in total. The maximum absolute atomic E-state index is 12.8. The van der Waals surface area contributed by atoms with E-state index in [2.05, 4.69) is 27.1 Å². The van der Waals surface area contributed by atoms with E-state index in [0.717, 1.165) is 41.7 Å². The Hall–Kier alpha value is -3.09. The molecule has 3 aromatic rings. The van der Waals surface area contributed by atoms with Gasteiger partial charge in [-0.05, 0) is 31.7 Å². The molecule has 1 aliphatic carbocycles. The van der Waals surface area contributed by atoms with E-state index in [1.165, 1.54) is 5.57 Å². The first kappa shape index (κ1) is 14.3. The van der Waals surface area contributed by atoms with Crippen LogP contribution in [-0.4, -0.2) is 35.4 Å². The lowest BCUT2D eigenvalue weighted by atomic mass is 9.94. The zero-order chi connectivity index (χ0) is 17.0. The minimum absolute atomic E-state index is 0.0336. The number of nitrogens with zero attached hydrogens (tertiary/aromatic N) is 6. The standard InChI is InChI=1S/C18H16N6O/c1-11-7-15-14(9-22-24(15)17(25)16(11)12-3-4-12)13-8-21-23(10-13)18-19-5-2-6-20-18/h2,5-6,8-10,12H,3-4,7H2,1H3. The lowest BCUT2D eigenvalue weighted by Gasteiger charge is -2.19. The second-order valence-electron chi connectivity index (χ2n) is 6.59. The highest BCUT2D eigenvalue weighted by Gasteiger charge is 2.37. The van der Waals surface area contributed by atoms with Gasteiger partial charge in [-0.3, -0.25) is 4.79 Å². The van der Waals surface area contributed by atoms with Crippen molar-refractivity contribution in [1.29, 1.82) is 0 Å². The third kappa shape index (κ3) is 2.23. The minimum atomic E-state index is 0.0336. The molecule has 0 unspecified atom stereocenters. The quantitative estimate of drug-likeness (QED) is 0.736. The Balaban J connectivity index is 1.54. The number of carbonyl (C=O) groups excluding carboxylic acids is 1. The van der Waals surface area contributed by atoms with Gasteiger partial charge >= 0.3 is 0 Å². The summed E-state index contributed by atoms with van der Waals surface area (Å²) in [4.78, 5) is 21.2. The van der Waals surface area contributed by atoms with Crippen LogP contribution in [0.5, 0.6) is 0 Å². The smallest absolute Gasteiger partial charge is 0.267 e. The molecule has 5 rings (SSSR count). The summed E-state index contributed by atoms with van der Waals surface area (Å²) in [5, 5.41) is 8.70. The summed E-state index contributed by atoms with van der Waals surface area (Å²) in [7, 11) is 0. The van der Waals surface area contributed by atoms with Crippen molar-refractivity contribution in [2.75, 3.05) is 0 Å². The van der Waals surface area contributed by atoms with Crippen molar-refractivity contribution in [3.63, 3.8) is 0 Å². The van der Waals surface area contributed by atoms with Gasteiger partial charge < -0.3 is 0 Å². The number of carbonyl (C=O) groups is 1. The summed E-state index contributed by atoms with van der Waals surface area (Å²) in [5.74, 6) is 0.982. The molecule has 0 atom stereocenters. The summed E-state index contributed by atoms with van der Waals surface area (Å²) in [6.07, 6.45) is 11.7. The Bertz CT molecular complexity index is 1010. The van der Waals surface area contributed by atoms with Gasteiger partial charge in [-0.25, -0.2) is 19.3 Å². The van der Waals surface area contributed by atoms with Crippen LogP contribution in [0.4, 0.5) is 0 Å². The zero-order valence-corrected chi connectivity index (χ0v) is 13.8. The number of allylic oxidation sites excluding steroid dienone is 2. The fraction of sp³-hybridized carbons (Fsp3) is 0.278. The van der Waals surface area contributed by atoms with Crippen molar-refractivity contribution in [1.82, 2.24) is 29.5 Å². The highest BCUT2D eigenvalue weighted by molar-refractivity contribution is 5.99. The normalized spacial score (nSPS) is 17.1. The van der Waals surface area contributed by atoms with Crippen LogP contribution in [0.15, 0.2) is 48.2 Å². The van der Waals surface area contributed by atoms with Crippen molar-refractivity contribution in [3.8, 4) is 17.1 Å². The molecule has 4 heterocycles. The SMILES string of the molecule is CC1=C(C2CC2)C(=O)n2ncc(-c3cnn(-c4ncccn4)c3)c2C1. The van der Waals surface area contributed by atoms with E-state index in [1.54, 1.807) is 40.2 Å². The summed E-state index contributed by atoms with van der Waals surface area (Å²) in [5.41, 5.74) is 4.91. The second kappa shape index (κ2) is 5.20. The van der Waals surface area contributed by atoms with E-state index < -0.39 is 0 Å². The fourth-order valence-corrected chi connectivity index (χ4v) is 3.48. The van der Waals surface area contributed by atoms with Crippen LogP contribution in [0.25, 0.3) is 17.1 Å². The van der Waals surface area contributed by atoms with E-state index in [-0.39, 0.29) is 5.91 Å². The molecule has 7 heteroatoms. The van der Waals surface area contributed by atoms with Crippen LogP contribution in [0, 0.1) is 5.92 Å². The Labute approximate surface area is 144 Å². The Morgan fingerprint density at radius 3 is 2.68 bits per heavy atom. The number of hydrogen-bond acceptors (Lipinski definition) is 5. The third-order valence-electron chi connectivity index (χ3n) is 4.82. The van der Waals surface area contributed by atoms with Gasteiger partial charge in [0.1, 0.15) is 0 Å². The number of hydrogen-bond donors (Lipinski definition) is 0. The number of rotatable bonds is 3. The van der Waals surface area contributed by atoms with Crippen molar-refractivity contribution in [2.45, 2.75) is 26.2 Å².